The van der Waals surface area contributed by atoms with Crippen molar-refractivity contribution in [3.63, 3.8) is 0 Å². The van der Waals surface area contributed by atoms with Gasteiger partial charge in [-0.15, -0.1) is 0 Å². The highest BCUT2D eigenvalue weighted by atomic mass is 16.7. The number of hydrogen-bond donors (Lipinski definition) is 1. The maximum atomic E-state index is 11.9. The summed E-state index contributed by atoms with van der Waals surface area (Å²) in [5.41, 5.74) is 3.34. The van der Waals surface area contributed by atoms with Crippen LogP contribution in [0.25, 0.3) is 0 Å². The molecule has 3 rings (SSSR count). The van der Waals surface area contributed by atoms with E-state index in [9.17, 15) is 4.79 Å². The number of amides is 1. The van der Waals surface area contributed by atoms with E-state index in [0.717, 1.165) is 28.6 Å². The molecule has 0 aromatic heterocycles. The minimum atomic E-state index is -0.370. The third-order valence-electron chi connectivity index (χ3n) is 5.05. The first kappa shape index (κ1) is 14.6. The molecule has 2 aliphatic rings. The summed E-state index contributed by atoms with van der Waals surface area (Å²) in [5, 5.41) is 2.88. The zero-order valence-electron chi connectivity index (χ0n) is 13.4. The highest BCUT2D eigenvalue weighted by Crippen LogP contribution is 2.37. The largest absolute Gasteiger partial charge is 0.495 e. The van der Waals surface area contributed by atoms with E-state index < -0.39 is 0 Å². The van der Waals surface area contributed by atoms with E-state index in [0.29, 0.717) is 6.54 Å². The maximum absolute atomic E-state index is 11.9. The molecule has 2 heterocycles. The summed E-state index contributed by atoms with van der Waals surface area (Å²) in [4.78, 5) is 11.9. The third-order valence-corrected chi connectivity index (χ3v) is 5.05. The molecule has 0 aliphatic carbocycles. The van der Waals surface area contributed by atoms with Crippen molar-refractivity contribution in [3.8, 4) is 0 Å². The van der Waals surface area contributed by atoms with Crippen LogP contribution in [-0.2, 0) is 15.7 Å². The number of benzene rings is 1. The number of rotatable bonds is 1. The van der Waals surface area contributed by atoms with Crippen molar-refractivity contribution in [3.05, 3.63) is 28.8 Å². The summed E-state index contributed by atoms with van der Waals surface area (Å²) < 4.78 is 12.3. The first-order valence-electron chi connectivity index (χ1n) is 7.49. The molecule has 4 nitrogen and oxygen atoms in total. The minimum absolute atomic E-state index is 0.0137. The molecular formula is C16H22BNO3. The summed E-state index contributed by atoms with van der Waals surface area (Å²) in [6.07, 6.45) is 0.861. The molecule has 21 heavy (non-hydrogen) atoms. The molecule has 1 fully saturated rings. The van der Waals surface area contributed by atoms with Crippen molar-refractivity contribution in [1.82, 2.24) is 5.32 Å². The Bertz CT molecular complexity index is 594. The van der Waals surface area contributed by atoms with Crippen molar-refractivity contribution >= 4 is 18.5 Å². The van der Waals surface area contributed by atoms with Crippen molar-refractivity contribution < 1.29 is 14.1 Å². The van der Waals surface area contributed by atoms with Crippen LogP contribution in [0.5, 0.6) is 0 Å². The van der Waals surface area contributed by atoms with Gasteiger partial charge in [0, 0.05) is 12.1 Å². The third kappa shape index (κ3) is 2.19. The van der Waals surface area contributed by atoms with Gasteiger partial charge in [0.05, 0.1) is 11.2 Å². The van der Waals surface area contributed by atoms with Crippen molar-refractivity contribution in [2.45, 2.75) is 52.2 Å². The zero-order chi connectivity index (χ0) is 15.4. The van der Waals surface area contributed by atoms with Crippen LogP contribution in [0.4, 0.5) is 0 Å². The number of carbonyl (C=O) groups excluding carboxylic acids is 1. The van der Waals surface area contributed by atoms with Gasteiger partial charge in [0.15, 0.2) is 0 Å². The monoisotopic (exact) mass is 287 g/mol. The lowest BCUT2D eigenvalue weighted by molar-refractivity contribution is 0.00578. The number of hydrogen-bond acceptors (Lipinski definition) is 3. The minimum Gasteiger partial charge on any atom is -0.399 e. The van der Waals surface area contributed by atoms with E-state index in [1.165, 1.54) is 0 Å². The highest BCUT2D eigenvalue weighted by Gasteiger charge is 2.52. The van der Waals surface area contributed by atoms with Crippen molar-refractivity contribution in [1.29, 1.82) is 0 Å². The molecule has 1 amide bonds. The Hall–Kier alpha value is -1.33. The van der Waals surface area contributed by atoms with Gasteiger partial charge in [-0.3, -0.25) is 4.79 Å². The molecule has 1 aromatic rings. The maximum Gasteiger partial charge on any atom is 0.495 e. The standard InChI is InChI=1S/C16H22BNO3/c1-10-11-8-9-18-14(19)12(11)6-7-13(10)17-20-15(2,3)16(4,5)21-17/h6-7H,8-9H2,1-5H3,(H,18,19). The van der Waals surface area contributed by atoms with Crippen LogP contribution in [0.1, 0.15) is 49.2 Å². The van der Waals surface area contributed by atoms with Crippen LogP contribution in [0.3, 0.4) is 0 Å². The topological polar surface area (TPSA) is 47.6 Å². The van der Waals surface area contributed by atoms with Crippen LogP contribution >= 0.6 is 0 Å². The molecular weight excluding hydrogens is 265 g/mol. The molecule has 0 unspecified atom stereocenters. The van der Waals surface area contributed by atoms with Gasteiger partial charge in [-0.25, -0.2) is 0 Å². The van der Waals surface area contributed by atoms with Crippen LogP contribution in [0.15, 0.2) is 12.1 Å². The molecule has 0 saturated carbocycles. The van der Waals surface area contributed by atoms with Crippen molar-refractivity contribution in [2.24, 2.45) is 0 Å². The van der Waals surface area contributed by atoms with E-state index in [1.54, 1.807) is 0 Å². The Labute approximate surface area is 126 Å². The van der Waals surface area contributed by atoms with E-state index in [-0.39, 0.29) is 24.2 Å². The van der Waals surface area contributed by atoms with Gasteiger partial charge in [-0.2, -0.15) is 0 Å². The number of nitrogens with one attached hydrogen (secondary N) is 1. The first-order valence-corrected chi connectivity index (χ1v) is 7.49. The SMILES string of the molecule is Cc1c(B2OC(C)(C)C(C)(C)O2)ccc2c1CCNC2=O. The number of carbonyl (C=O) groups is 1. The van der Waals surface area contributed by atoms with Crippen LogP contribution in [-0.4, -0.2) is 30.8 Å². The summed E-state index contributed by atoms with van der Waals surface area (Å²) >= 11 is 0. The fraction of sp³-hybridized carbons (Fsp3) is 0.562. The molecule has 2 aliphatic heterocycles. The lowest BCUT2D eigenvalue weighted by Crippen LogP contribution is -2.41. The second kappa shape index (κ2) is 4.58. The molecule has 0 bridgehead atoms. The molecule has 1 aromatic carbocycles. The van der Waals surface area contributed by atoms with Gasteiger partial charge in [0.1, 0.15) is 0 Å². The predicted molar refractivity (Wildman–Crippen MR) is 82.9 cm³/mol. The van der Waals surface area contributed by atoms with Crippen LogP contribution < -0.4 is 10.8 Å². The van der Waals surface area contributed by atoms with Gasteiger partial charge in [-0.1, -0.05) is 6.07 Å². The molecule has 0 atom stereocenters. The van der Waals surface area contributed by atoms with Gasteiger partial charge in [-0.05, 0) is 63.7 Å². The fourth-order valence-corrected chi connectivity index (χ4v) is 2.93. The lowest BCUT2D eigenvalue weighted by atomic mass is 9.73. The Morgan fingerprint density at radius 3 is 2.38 bits per heavy atom. The van der Waals surface area contributed by atoms with E-state index in [1.807, 2.05) is 39.8 Å². The molecule has 0 radical (unpaired) electrons. The van der Waals surface area contributed by atoms with Crippen molar-refractivity contribution in [2.75, 3.05) is 6.54 Å². The van der Waals surface area contributed by atoms with E-state index in [4.69, 9.17) is 9.31 Å². The lowest BCUT2D eigenvalue weighted by Gasteiger charge is -2.32. The molecule has 1 saturated heterocycles. The van der Waals surface area contributed by atoms with Gasteiger partial charge >= 0.3 is 7.12 Å². The normalized spacial score (nSPS) is 22.9. The summed E-state index contributed by atoms with van der Waals surface area (Å²) in [6.45, 7) is 10.9. The van der Waals surface area contributed by atoms with E-state index in [2.05, 4.69) is 12.2 Å². The Balaban J connectivity index is 2.00. The average Bonchev–Trinajstić information content (AvgIpc) is 2.60. The molecule has 0 spiro atoms. The van der Waals surface area contributed by atoms with Gasteiger partial charge < -0.3 is 14.6 Å². The Kier molecular flexibility index (Phi) is 3.19. The first-order chi connectivity index (χ1) is 9.73. The molecule has 1 N–H and O–H groups in total. The predicted octanol–water partition coefficient (Wildman–Crippen LogP) is 1.58. The summed E-state index contributed by atoms with van der Waals surface area (Å²) in [6, 6.07) is 3.85. The van der Waals surface area contributed by atoms with Crippen LogP contribution in [0.2, 0.25) is 0 Å². The van der Waals surface area contributed by atoms with Gasteiger partial charge in [0.2, 0.25) is 0 Å². The Morgan fingerprint density at radius 2 is 1.76 bits per heavy atom. The Morgan fingerprint density at radius 1 is 1.14 bits per heavy atom. The number of fused-ring (bicyclic) bond motifs is 1. The van der Waals surface area contributed by atoms with Gasteiger partial charge in [0.25, 0.3) is 5.91 Å². The average molecular weight is 287 g/mol. The zero-order valence-corrected chi connectivity index (χ0v) is 13.4. The van der Waals surface area contributed by atoms with E-state index >= 15 is 0 Å². The fourth-order valence-electron chi connectivity index (χ4n) is 2.93. The molecule has 112 valence electrons. The second-order valence-electron chi connectivity index (χ2n) is 6.90. The smallest absolute Gasteiger partial charge is 0.399 e. The molecule has 5 heteroatoms. The second-order valence-corrected chi connectivity index (χ2v) is 6.90. The summed E-state index contributed by atoms with van der Waals surface area (Å²) in [7, 11) is -0.370. The highest BCUT2D eigenvalue weighted by molar-refractivity contribution is 6.62. The van der Waals surface area contributed by atoms with Crippen LogP contribution in [0, 0.1) is 6.92 Å². The summed E-state index contributed by atoms with van der Waals surface area (Å²) in [5.74, 6) is 0.0137. The quantitative estimate of drug-likeness (QED) is 0.798.